The average Bonchev–Trinajstić information content (AvgIpc) is 3.67. The van der Waals surface area contributed by atoms with Crippen LogP contribution in [-0.2, 0) is 33.3 Å². The lowest BCUT2D eigenvalue weighted by molar-refractivity contribution is -0.240. The summed E-state index contributed by atoms with van der Waals surface area (Å²) in [4.78, 5) is 26.1. The monoisotopic (exact) mass is 548 g/mol. The highest BCUT2D eigenvalue weighted by Gasteiger charge is 2.83. The van der Waals surface area contributed by atoms with Crippen LogP contribution in [0.1, 0.15) is 47.0 Å². The summed E-state index contributed by atoms with van der Waals surface area (Å²) in [7, 11) is 0. The van der Waals surface area contributed by atoms with Gasteiger partial charge in [-0.2, -0.15) is 0 Å². The van der Waals surface area contributed by atoms with Crippen molar-refractivity contribution >= 4 is 11.9 Å². The molecule has 3 heterocycles. The topological polar surface area (TPSA) is 144 Å². The molecule has 1 saturated carbocycles. The van der Waals surface area contributed by atoms with E-state index in [1.54, 1.807) is 26.0 Å². The number of allylic oxidation sites excluding steroid dienone is 2. The summed E-state index contributed by atoms with van der Waals surface area (Å²) >= 11 is 0. The van der Waals surface area contributed by atoms with E-state index in [9.17, 15) is 24.9 Å². The molecule has 5 rings (SSSR count). The number of carbonyl (C=O) groups excluding carboxylic acids is 2. The fraction of sp³-hybridized carbons (Fsp3) is 0.724. The Morgan fingerprint density at radius 2 is 1.87 bits per heavy atom. The van der Waals surface area contributed by atoms with Crippen molar-refractivity contribution in [1.29, 1.82) is 0 Å². The zero-order chi connectivity index (χ0) is 28.2. The molecule has 3 N–H and O–H groups in total. The van der Waals surface area contributed by atoms with Crippen molar-refractivity contribution in [1.82, 2.24) is 0 Å². The van der Waals surface area contributed by atoms with Gasteiger partial charge in [0.1, 0.15) is 24.4 Å². The molecule has 3 fully saturated rings. The van der Waals surface area contributed by atoms with E-state index in [1.807, 2.05) is 19.9 Å². The number of carbonyl (C=O) groups is 2. The smallest absolute Gasteiger partial charge is 0.335 e. The van der Waals surface area contributed by atoms with Gasteiger partial charge in [0.15, 0.2) is 6.10 Å². The Kier molecular flexibility index (Phi) is 7.58. The normalized spacial score (nSPS) is 48.2. The van der Waals surface area contributed by atoms with Crippen LogP contribution in [0, 0.1) is 16.7 Å². The van der Waals surface area contributed by atoms with Crippen LogP contribution in [-0.4, -0.2) is 95.4 Å². The van der Waals surface area contributed by atoms with E-state index >= 15 is 0 Å². The molecule has 2 saturated heterocycles. The zero-order valence-corrected chi connectivity index (χ0v) is 22.9. The fourth-order valence-electron chi connectivity index (χ4n) is 7.05. The maximum atomic E-state index is 13.1. The summed E-state index contributed by atoms with van der Waals surface area (Å²) in [6.07, 6.45) is 3.82. The molecule has 216 valence electrons. The van der Waals surface area contributed by atoms with Crippen molar-refractivity contribution in [2.45, 2.75) is 95.3 Å². The van der Waals surface area contributed by atoms with Gasteiger partial charge in [0.25, 0.3) is 0 Å². The highest BCUT2D eigenvalue weighted by molar-refractivity contribution is 5.82. The van der Waals surface area contributed by atoms with Crippen LogP contribution < -0.4 is 0 Å². The number of rotatable bonds is 1. The third-order valence-corrected chi connectivity index (χ3v) is 9.83. The van der Waals surface area contributed by atoms with Gasteiger partial charge in [-0.05, 0) is 38.2 Å². The van der Waals surface area contributed by atoms with Gasteiger partial charge in [-0.25, -0.2) is 9.59 Å². The van der Waals surface area contributed by atoms with Crippen LogP contribution in [0.5, 0.6) is 0 Å². The van der Waals surface area contributed by atoms with Crippen LogP contribution in [0.4, 0.5) is 0 Å². The molecule has 0 aromatic heterocycles. The molecule has 2 spiro atoms. The Hall–Kier alpha value is -2.08. The second-order valence-corrected chi connectivity index (χ2v) is 12.0. The minimum absolute atomic E-state index is 0.150. The third kappa shape index (κ3) is 4.59. The first-order valence-electron chi connectivity index (χ1n) is 13.8. The molecular formula is C29H40O10. The van der Waals surface area contributed by atoms with Crippen molar-refractivity contribution < 1.29 is 48.6 Å². The second kappa shape index (κ2) is 10.4. The van der Waals surface area contributed by atoms with Gasteiger partial charge in [0, 0.05) is 24.5 Å². The van der Waals surface area contributed by atoms with E-state index < -0.39 is 70.9 Å². The molecule has 0 radical (unpaired) electrons. The van der Waals surface area contributed by atoms with Gasteiger partial charge in [-0.15, -0.1) is 0 Å². The van der Waals surface area contributed by atoms with E-state index in [2.05, 4.69) is 0 Å². The average molecular weight is 549 g/mol. The summed E-state index contributed by atoms with van der Waals surface area (Å²) in [6.45, 7) is 7.58. The summed E-state index contributed by atoms with van der Waals surface area (Å²) < 4.78 is 30.2. The SMILES string of the molecule is CC1=C[C@H]2O[C@@H]3C[C@H]4OC(=O)/C=C\C=CC(C(C)O)OCCC(C)C(O)C(=O)OC[C@@]2(C[C@H]1O)[C@]4(C)C31CO1. The predicted molar refractivity (Wildman–Crippen MR) is 137 cm³/mol. The van der Waals surface area contributed by atoms with Crippen molar-refractivity contribution in [3.8, 4) is 0 Å². The number of aliphatic hydroxyl groups is 3. The molecule has 5 aliphatic rings. The van der Waals surface area contributed by atoms with Crippen LogP contribution in [0.15, 0.2) is 36.0 Å². The minimum atomic E-state index is -1.40. The number of ether oxygens (including phenoxy) is 5. The number of hydrogen-bond acceptors (Lipinski definition) is 10. The summed E-state index contributed by atoms with van der Waals surface area (Å²) in [6, 6.07) is 0. The molecule has 3 aliphatic heterocycles. The molecule has 5 unspecified atom stereocenters. The maximum Gasteiger partial charge on any atom is 0.335 e. The van der Waals surface area contributed by atoms with Crippen molar-refractivity contribution in [3.63, 3.8) is 0 Å². The highest BCUT2D eigenvalue weighted by Crippen LogP contribution is 2.72. The summed E-state index contributed by atoms with van der Waals surface area (Å²) in [5, 5.41) is 31.8. The molecule has 39 heavy (non-hydrogen) atoms. The van der Waals surface area contributed by atoms with E-state index in [1.165, 1.54) is 12.2 Å². The molecule has 2 aliphatic carbocycles. The first-order valence-corrected chi connectivity index (χ1v) is 13.8. The van der Waals surface area contributed by atoms with E-state index in [0.29, 0.717) is 19.4 Å². The van der Waals surface area contributed by atoms with Gasteiger partial charge in [-0.1, -0.05) is 38.2 Å². The molecule has 2 bridgehead atoms. The van der Waals surface area contributed by atoms with Gasteiger partial charge in [0.05, 0.1) is 36.4 Å². The Morgan fingerprint density at radius 1 is 1.13 bits per heavy atom. The van der Waals surface area contributed by atoms with Crippen LogP contribution >= 0.6 is 0 Å². The Morgan fingerprint density at radius 3 is 2.56 bits per heavy atom. The van der Waals surface area contributed by atoms with Gasteiger partial charge in [0.2, 0.25) is 0 Å². The summed E-state index contributed by atoms with van der Waals surface area (Å²) in [5.74, 6) is -1.81. The van der Waals surface area contributed by atoms with Crippen LogP contribution in [0.25, 0.3) is 0 Å². The van der Waals surface area contributed by atoms with Crippen LogP contribution in [0.2, 0.25) is 0 Å². The van der Waals surface area contributed by atoms with Crippen molar-refractivity contribution in [2.24, 2.45) is 16.7 Å². The highest BCUT2D eigenvalue weighted by atomic mass is 16.6. The Balaban J connectivity index is 1.53. The van der Waals surface area contributed by atoms with Crippen LogP contribution in [0.3, 0.4) is 0 Å². The number of cyclic esters (lactones) is 1. The molecule has 10 nitrogen and oxygen atoms in total. The first-order chi connectivity index (χ1) is 18.4. The summed E-state index contributed by atoms with van der Waals surface area (Å²) in [5.41, 5.74) is -1.79. The van der Waals surface area contributed by atoms with Crippen molar-refractivity contribution in [3.05, 3.63) is 36.0 Å². The van der Waals surface area contributed by atoms with Crippen molar-refractivity contribution in [2.75, 3.05) is 19.8 Å². The second-order valence-electron chi connectivity index (χ2n) is 12.0. The first kappa shape index (κ1) is 28.4. The minimum Gasteiger partial charge on any atom is -0.463 e. The molecule has 0 aromatic carbocycles. The number of hydrogen-bond donors (Lipinski definition) is 3. The largest absolute Gasteiger partial charge is 0.463 e. The van der Waals surface area contributed by atoms with E-state index in [4.69, 9.17) is 23.7 Å². The van der Waals surface area contributed by atoms with Gasteiger partial charge < -0.3 is 39.0 Å². The quantitative estimate of drug-likeness (QED) is 0.250. The van der Waals surface area contributed by atoms with E-state index in [-0.39, 0.29) is 25.7 Å². The van der Waals surface area contributed by atoms with E-state index in [0.717, 1.165) is 5.57 Å². The van der Waals surface area contributed by atoms with Gasteiger partial charge >= 0.3 is 11.9 Å². The number of aliphatic hydroxyl groups excluding tert-OH is 3. The number of esters is 2. The lowest BCUT2D eigenvalue weighted by atomic mass is 9.51. The Labute approximate surface area is 228 Å². The third-order valence-electron chi connectivity index (χ3n) is 9.83. The molecule has 0 amide bonds. The predicted octanol–water partition coefficient (Wildman–Crippen LogP) is 1.36. The zero-order valence-electron chi connectivity index (χ0n) is 22.9. The Bertz CT molecular complexity index is 1060. The lowest BCUT2D eigenvalue weighted by Gasteiger charge is -2.58. The molecule has 0 aromatic rings. The lowest BCUT2D eigenvalue weighted by Crippen LogP contribution is -2.68. The maximum absolute atomic E-state index is 13.1. The standard InChI is InChI=1S/C29H40O10/c1-16-9-10-35-20(18(3)30)7-5-6-8-24(32)39-21-12-23-29(15-37-29)27(21,4)28(14-36-26(34)25(16)33)13-19(31)17(2)11-22(28)38-23/h5-8,11,16,18-23,25,30-31,33H,9-10,12-15H2,1-4H3/b7-5?,8-6-/t16?,18?,19-,20?,21-,22-,23-,25?,27-,28-,29?/m1/s1. The molecule has 10 heteroatoms. The fourth-order valence-corrected chi connectivity index (χ4v) is 7.05. The molecular weight excluding hydrogens is 508 g/mol. The number of epoxide rings is 1. The van der Waals surface area contributed by atoms with Gasteiger partial charge in [-0.3, -0.25) is 0 Å². The molecule has 11 atom stereocenters.